The van der Waals surface area contributed by atoms with Gasteiger partial charge in [-0.3, -0.25) is 0 Å². The molecule has 0 rings (SSSR count). The van der Waals surface area contributed by atoms with E-state index in [9.17, 15) is 0 Å². The summed E-state index contributed by atoms with van der Waals surface area (Å²) in [6.45, 7) is 12.0. The fourth-order valence-electron chi connectivity index (χ4n) is 6.62. The van der Waals surface area contributed by atoms with Gasteiger partial charge in [0.2, 0.25) is 0 Å². The van der Waals surface area contributed by atoms with E-state index in [1.54, 1.807) is 0 Å². The van der Waals surface area contributed by atoms with E-state index in [1.165, 1.54) is 205 Å². The molecule has 0 aliphatic rings. The van der Waals surface area contributed by atoms with Gasteiger partial charge in [0.05, 0.1) is 0 Å². The standard InChI is InChI=1S/C40H80/c1-6-10-14-18-22-24-27-31-35-39(34-30-26-20-16-12-8-3)38-40(5,36-32-28-21-17-13-9-4)37-33-29-25-23-19-15-11-7-2/h38H,6-37H2,1-5H3. The van der Waals surface area contributed by atoms with Crippen molar-refractivity contribution in [1.29, 1.82) is 0 Å². The molecule has 0 bridgehead atoms. The fourth-order valence-corrected chi connectivity index (χ4v) is 6.62. The highest BCUT2D eigenvalue weighted by Gasteiger charge is 2.21. The first kappa shape index (κ1) is 39.7. The van der Waals surface area contributed by atoms with Gasteiger partial charge in [0.15, 0.2) is 0 Å². The van der Waals surface area contributed by atoms with E-state index >= 15 is 0 Å². The summed E-state index contributed by atoms with van der Waals surface area (Å²) in [6, 6.07) is 0. The lowest BCUT2D eigenvalue weighted by Crippen LogP contribution is -2.15. The van der Waals surface area contributed by atoms with Crippen LogP contribution in [0.4, 0.5) is 0 Å². The number of hydrogen-bond acceptors (Lipinski definition) is 0. The molecule has 1 unspecified atom stereocenters. The molecule has 0 aromatic rings. The summed E-state index contributed by atoms with van der Waals surface area (Å²) in [7, 11) is 0. The van der Waals surface area contributed by atoms with E-state index in [0.29, 0.717) is 5.41 Å². The second-order valence-electron chi connectivity index (χ2n) is 13.9. The summed E-state index contributed by atoms with van der Waals surface area (Å²) in [6.07, 6.45) is 48.7. The topological polar surface area (TPSA) is 0 Å². The Labute approximate surface area is 256 Å². The van der Waals surface area contributed by atoms with Crippen molar-refractivity contribution in [3.63, 3.8) is 0 Å². The number of hydrogen-bond donors (Lipinski definition) is 0. The van der Waals surface area contributed by atoms with Gasteiger partial charge < -0.3 is 0 Å². The first-order valence-electron chi connectivity index (χ1n) is 19.3. The summed E-state index contributed by atoms with van der Waals surface area (Å²) >= 11 is 0. The minimum atomic E-state index is 0.435. The maximum Gasteiger partial charge on any atom is -0.0144 e. The Hall–Kier alpha value is -0.260. The summed E-state index contributed by atoms with van der Waals surface area (Å²) < 4.78 is 0. The average molecular weight is 561 g/mol. The van der Waals surface area contributed by atoms with E-state index in [0.717, 1.165) is 0 Å². The monoisotopic (exact) mass is 561 g/mol. The van der Waals surface area contributed by atoms with Crippen LogP contribution < -0.4 is 0 Å². The van der Waals surface area contributed by atoms with Gasteiger partial charge in [0.1, 0.15) is 0 Å². The molecule has 0 fully saturated rings. The van der Waals surface area contributed by atoms with Gasteiger partial charge in [-0.1, -0.05) is 213 Å². The second kappa shape index (κ2) is 31.7. The molecule has 0 saturated heterocycles. The maximum absolute atomic E-state index is 2.87. The van der Waals surface area contributed by atoms with Crippen LogP contribution in [-0.4, -0.2) is 0 Å². The third kappa shape index (κ3) is 27.9. The normalized spacial score (nSPS) is 13.7. The van der Waals surface area contributed by atoms with Crippen molar-refractivity contribution in [1.82, 2.24) is 0 Å². The summed E-state index contributed by atoms with van der Waals surface area (Å²) in [5.41, 5.74) is 2.28. The van der Waals surface area contributed by atoms with Gasteiger partial charge in [-0.05, 0) is 43.9 Å². The minimum Gasteiger partial charge on any atom is -0.0794 e. The highest BCUT2D eigenvalue weighted by molar-refractivity contribution is 5.09. The van der Waals surface area contributed by atoms with Gasteiger partial charge in [0.25, 0.3) is 0 Å². The molecule has 0 radical (unpaired) electrons. The van der Waals surface area contributed by atoms with Crippen LogP contribution in [0, 0.1) is 5.41 Å². The summed E-state index contributed by atoms with van der Waals surface area (Å²) in [5.74, 6) is 0. The SMILES string of the molecule is CCCCCCCCCCC(=CC(C)(CCCCCCCC)CCCCCCCCCC)CCCCCCCC. The Morgan fingerprint density at radius 1 is 0.350 bits per heavy atom. The second-order valence-corrected chi connectivity index (χ2v) is 13.9. The average Bonchev–Trinajstić information content (AvgIpc) is 2.95. The zero-order chi connectivity index (χ0) is 29.4. The van der Waals surface area contributed by atoms with Crippen LogP contribution in [0.15, 0.2) is 11.6 Å². The molecule has 0 aromatic carbocycles. The maximum atomic E-state index is 2.87. The lowest BCUT2D eigenvalue weighted by Gasteiger charge is -2.28. The molecule has 0 amide bonds. The first-order valence-corrected chi connectivity index (χ1v) is 19.3. The largest absolute Gasteiger partial charge is 0.0794 e. The van der Waals surface area contributed by atoms with Crippen LogP contribution in [0.25, 0.3) is 0 Å². The molecule has 1 atom stereocenters. The number of rotatable bonds is 33. The molecule has 0 heteroatoms. The summed E-state index contributed by atoms with van der Waals surface area (Å²) in [5, 5.41) is 0. The van der Waals surface area contributed by atoms with Gasteiger partial charge in [-0.15, -0.1) is 0 Å². The highest BCUT2D eigenvalue weighted by Crippen LogP contribution is 2.36. The van der Waals surface area contributed by atoms with Gasteiger partial charge in [0, 0.05) is 0 Å². The molecule has 0 heterocycles. The zero-order valence-corrected chi connectivity index (χ0v) is 29.2. The lowest BCUT2D eigenvalue weighted by atomic mass is 9.77. The van der Waals surface area contributed by atoms with E-state index < -0.39 is 0 Å². The quantitative estimate of drug-likeness (QED) is 0.0553. The van der Waals surface area contributed by atoms with Crippen LogP contribution in [-0.2, 0) is 0 Å². The highest BCUT2D eigenvalue weighted by atomic mass is 14.3. The van der Waals surface area contributed by atoms with Crippen molar-refractivity contribution in [3.05, 3.63) is 11.6 Å². The van der Waals surface area contributed by atoms with Crippen molar-refractivity contribution >= 4 is 0 Å². The number of allylic oxidation sites excluding steroid dienone is 2. The third-order valence-electron chi connectivity index (χ3n) is 9.46. The van der Waals surface area contributed by atoms with E-state index in [4.69, 9.17) is 0 Å². The summed E-state index contributed by atoms with van der Waals surface area (Å²) in [4.78, 5) is 0. The van der Waals surface area contributed by atoms with Crippen molar-refractivity contribution in [3.8, 4) is 0 Å². The van der Waals surface area contributed by atoms with Crippen molar-refractivity contribution in [2.75, 3.05) is 0 Å². The zero-order valence-electron chi connectivity index (χ0n) is 29.2. The van der Waals surface area contributed by atoms with Gasteiger partial charge in [-0.2, -0.15) is 0 Å². The van der Waals surface area contributed by atoms with E-state index in [2.05, 4.69) is 40.7 Å². The smallest absolute Gasteiger partial charge is 0.0144 e. The Balaban J connectivity index is 4.98. The Bertz CT molecular complexity index is 502. The van der Waals surface area contributed by atoms with Crippen LogP contribution >= 0.6 is 0 Å². The van der Waals surface area contributed by atoms with E-state index in [-0.39, 0.29) is 0 Å². The molecular formula is C40H80. The molecule has 0 aliphatic carbocycles. The van der Waals surface area contributed by atoms with Crippen molar-refractivity contribution in [2.45, 2.75) is 240 Å². The molecule has 240 valence electrons. The Morgan fingerprint density at radius 2 is 0.600 bits per heavy atom. The van der Waals surface area contributed by atoms with Crippen LogP contribution in [0.5, 0.6) is 0 Å². The molecule has 0 saturated carbocycles. The molecule has 0 aliphatic heterocycles. The Kier molecular flexibility index (Phi) is 31.5. The van der Waals surface area contributed by atoms with Crippen LogP contribution in [0.3, 0.4) is 0 Å². The molecule has 0 aromatic heterocycles. The van der Waals surface area contributed by atoms with E-state index in [1.807, 2.05) is 5.57 Å². The minimum absolute atomic E-state index is 0.435. The van der Waals surface area contributed by atoms with Gasteiger partial charge >= 0.3 is 0 Å². The Morgan fingerprint density at radius 3 is 0.900 bits per heavy atom. The molecule has 0 nitrogen and oxygen atoms in total. The predicted molar refractivity (Wildman–Crippen MR) is 187 cm³/mol. The fraction of sp³-hybridized carbons (Fsp3) is 0.950. The molecular weight excluding hydrogens is 480 g/mol. The molecule has 40 heavy (non-hydrogen) atoms. The van der Waals surface area contributed by atoms with Crippen molar-refractivity contribution < 1.29 is 0 Å². The van der Waals surface area contributed by atoms with Gasteiger partial charge in [-0.25, -0.2) is 0 Å². The molecule has 0 spiro atoms. The molecule has 0 N–H and O–H groups in total. The van der Waals surface area contributed by atoms with Crippen LogP contribution in [0.2, 0.25) is 0 Å². The van der Waals surface area contributed by atoms with Crippen LogP contribution in [0.1, 0.15) is 240 Å². The third-order valence-corrected chi connectivity index (χ3v) is 9.46. The number of unbranched alkanes of at least 4 members (excludes halogenated alkanes) is 24. The lowest BCUT2D eigenvalue weighted by molar-refractivity contribution is 0.323. The first-order chi connectivity index (χ1) is 19.6. The predicted octanol–water partition coefficient (Wildman–Crippen LogP) is 15.5. The van der Waals surface area contributed by atoms with Crippen molar-refractivity contribution in [2.24, 2.45) is 5.41 Å².